The number of fused-ring (bicyclic) bond motifs is 1. The largest absolute Gasteiger partial charge is 0.486 e. The van der Waals surface area contributed by atoms with E-state index in [1.54, 1.807) is 37.4 Å². The zero-order chi connectivity index (χ0) is 14.7. The standard InChI is InChI=1S/C16H15NO4/c1-17(16(18)21-13-5-3-2-4-6-13)12-7-8-14-15(11-12)20-10-9-19-14/h2-8,11H,9-10H2,1H3. The zero-order valence-corrected chi connectivity index (χ0v) is 11.6. The number of nitrogens with zero attached hydrogens (tertiary/aromatic N) is 1. The van der Waals surface area contributed by atoms with Gasteiger partial charge in [0.2, 0.25) is 0 Å². The molecule has 0 fully saturated rings. The zero-order valence-electron chi connectivity index (χ0n) is 11.6. The van der Waals surface area contributed by atoms with E-state index in [1.165, 1.54) is 4.90 Å². The van der Waals surface area contributed by atoms with Crippen molar-refractivity contribution in [2.75, 3.05) is 25.2 Å². The smallest absolute Gasteiger partial charge is 0.419 e. The van der Waals surface area contributed by atoms with E-state index in [1.807, 2.05) is 18.2 Å². The molecule has 0 N–H and O–H groups in total. The fourth-order valence-corrected chi connectivity index (χ4v) is 2.00. The minimum absolute atomic E-state index is 0.460. The Morgan fingerprint density at radius 1 is 1.05 bits per heavy atom. The van der Waals surface area contributed by atoms with Gasteiger partial charge in [0.25, 0.3) is 0 Å². The van der Waals surface area contributed by atoms with Gasteiger partial charge in [0, 0.05) is 13.1 Å². The number of carbonyl (C=O) groups is 1. The third-order valence-corrected chi connectivity index (χ3v) is 3.14. The molecular weight excluding hydrogens is 270 g/mol. The van der Waals surface area contributed by atoms with Crippen molar-refractivity contribution >= 4 is 11.8 Å². The lowest BCUT2D eigenvalue weighted by Gasteiger charge is -2.22. The quantitative estimate of drug-likeness (QED) is 0.850. The number of hydrogen-bond donors (Lipinski definition) is 0. The minimum Gasteiger partial charge on any atom is -0.486 e. The van der Waals surface area contributed by atoms with Crippen LogP contribution in [0.3, 0.4) is 0 Å². The molecule has 2 aromatic carbocycles. The van der Waals surface area contributed by atoms with Gasteiger partial charge in [0.1, 0.15) is 19.0 Å². The predicted octanol–water partition coefficient (Wildman–Crippen LogP) is 3.09. The first kappa shape index (κ1) is 13.3. The molecule has 0 unspecified atom stereocenters. The highest BCUT2D eigenvalue weighted by molar-refractivity contribution is 5.89. The van der Waals surface area contributed by atoms with Crippen LogP contribution in [0, 0.1) is 0 Å². The van der Waals surface area contributed by atoms with Crippen LogP contribution in [0.5, 0.6) is 17.2 Å². The fraction of sp³-hybridized carbons (Fsp3) is 0.188. The third-order valence-electron chi connectivity index (χ3n) is 3.14. The summed E-state index contributed by atoms with van der Waals surface area (Å²) in [6.45, 7) is 1.05. The summed E-state index contributed by atoms with van der Waals surface area (Å²) < 4.78 is 16.3. The summed E-state index contributed by atoms with van der Waals surface area (Å²) in [4.78, 5) is 13.5. The Balaban J connectivity index is 1.75. The Hall–Kier alpha value is -2.69. The molecule has 0 saturated carbocycles. The summed E-state index contributed by atoms with van der Waals surface area (Å²) in [5.41, 5.74) is 0.681. The summed E-state index contributed by atoms with van der Waals surface area (Å²) in [6.07, 6.45) is -0.460. The highest BCUT2D eigenvalue weighted by Gasteiger charge is 2.17. The summed E-state index contributed by atoms with van der Waals surface area (Å²) in [6, 6.07) is 14.3. The van der Waals surface area contributed by atoms with Gasteiger partial charge in [-0.2, -0.15) is 0 Å². The molecule has 0 aromatic heterocycles. The van der Waals surface area contributed by atoms with Gasteiger partial charge in [-0.25, -0.2) is 4.79 Å². The maximum atomic E-state index is 12.1. The number of benzene rings is 2. The lowest BCUT2D eigenvalue weighted by Crippen LogP contribution is -2.29. The molecule has 0 spiro atoms. The average Bonchev–Trinajstić information content (AvgIpc) is 2.54. The first-order valence-corrected chi connectivity index (χ1v) is 6.64. The second-order valence-electron chi connectivity index (χ2n) is 4.57. The molecule has 5 heteroatoms. The topological polar surface area (TPSA) is 48.0 Å². The molecule has 1 heterocycles. The van der Waals surface area contributed by atoms with Crippen molar-refractivity contribution in [3.8, 4) is 17.2 Å². The number of ether oxygens (including phenoxy) is 3. The highest BCUT2D eigenvalue weighted by Crippen LogP contribution is 2.33. The Bertz CT molecular complexity index is 642. The van der Waals surface area contributed by atoms with Gasteiger partial charge in [0.15, 0.2) is 11.5 Å². The van der Waals surface area contributed by atoms with Crippen molar-refractivity contribution in [3.63, 3.8) is 0 Å². The average molecular weight is 285 g/mol. The molecule has 21 heavy (non-hydrogen) atoms. The van der Waals surface area contributed by atoms with Crippen molar-refractivity contribution in [2.24, 2.45) is 0 Å². The van der Waals surface area contributed by atoms with Gasteiger partial charge in [-0.1, -0.05) is 18.2 Å². The second kappa shape index (κ2) is 5.75. The molecule has 2 aromatic rings. The van der Waals surface area contributed by atoms with Crippen LogP contribution < -0.4 is 19.1 Å². The molecule has 0 radical (unpaired) electrons. The van der Waals surface area contributed by atoms with E-state index in [-0.39, 0.29) is 0 Å². The maximum absolute atomic E-state index is 12.1. The second-order valence-corrected chi connectivity index (χ2v) is 4.57. The minimum atomic E-state index is -0.460. The van der Waals surface area contributed by atoms with E-state index in [4.69, 9.17) is 14.2 Å². The number of carbonyl (C=O) groups excluding carboxylic acids is 1. The number of hydrogen-bond acceptors (Lipinski definition) is 4. The van der Waals surface area contributed by atoms with E-state index in [0.29, 0.717) is 36.1 Å². The van der Waals surface area contributed by atoms with Crippen molar-refractivity contribution in [1.82, 2.24) is 0 Å². The molecule has 3 rings (SSSR count). The molecule has 0 atom stereocenters. The van der Waals surface area contributed by atoms with Crippen molar-refractivity contribution < 1.29 is 19.0 Å². The molecule has 0 bridgehead atoms. The lowest BCUT2D eigenvalue weighted by molar-refractivity contribution is 0.171. The summed E-state index contributed by atoms with van der Waals surface area (Å²) in [7, 11) is 1.65. The maximum Gasteiger partial charge on any atom is 0.419 e. The SMILES string of the molecule is CN(C(=O)Oc1ccccc1)c1ccc2c(c1)OCCO2. The normalized spacial score (nSPS) is 12.6. The van der Waals surface area contributed by atoms with Crippen LogP contribution in [-0.2, 0) is 0 Å². The van der Waals surface area contributed by atoms with Crippen LogP contribution in [0.2, 0.25) is 0 Å². The Kier molecular flexibility index (Phi) is 3.64. The van der Waals surface area contributed by atoms with Crippen LogP contribution in [-0.4, -0.2) is 26.4 Å². The highest BCUT2D eigenvalue weighted by atomic mass is 16.6. The fourth-order valence-electron chi connectivity index (χ4n) is 2.00. The van der Waals surface area contributed by atoms with Crippen LogP contribution in [0.4, 0.5) is 10.5 Å². The molecule has 5 nitrogen and oxygen atoms in total. The summed E-state index contributed by atoms with van der Waals surface area (Å²) in [5.74, 6) is 1.83. The number of para-hydroxylation sites is 1. The van der Waals surface area contributed by atoms with E-state index in [2.05, 4.69) is 0 Å². The van der Waals surface area contributed by atoms with Gasteiger partial charge in [-0.15, -0.1) is 0 Å². The Labute approximate surface area is 122 Å². The summed E-state index contributed by atoms with van der Waals surface area (Å²) in [5, 5.41) is 0. The van der Waals surface area contributed by atoms with Crippen LogP contribution in [0.15, 0.2) is 48.5 Å². The van der Waals surface area contributed by atoms with Gasteiger partial charge in [-0.3, -0.25) is 4.90 Å². The van der Waals surface area contributed by atoms with Gasteiger partial charge >= 0.3 is 6.09 Å². The van der Waals surface area contributed by atoms with Gasteiger partial charge < -0.3 is 14.2 Å². The van der Waals surface area contributed by atoms with Gasteiger partial charge in [0.05, 0.1) is 5.69 Å². The Morgan fingerprint density at radius 3 is 2.52 bits per heavy atom. The van der Waals surface area contributed by atoms with Crippen LogP contribution >= 0.6 is 0 Å². The van der Waals surface area contributed by atoms with E-state index in [9.17, 15) is 4.79 Å². The van der Waals surface area contributed by atoms with E-state index < -0.39 is 6.09 Å². The number of rotatable bonds is 2. The molecule has 108 valence electrons. The lowest BCUT2D eigenvalue weighted by atomic mass is 10.2. The monoisotopic (exact) mass is 285 g/mol. The van der Waals surface area contributed by atoms with Crippen molar-refractivity contribution in [2.45, 2.75) is 0 Å². The first-order chi connectivity index (χ1) is 10.2. The number of anilines is 1. The molecule has 1 amide bonds. The first-order valence-electron chi connectivity index (χ1n) is 6.64. The van der Waals surface area contributed by atoms with Crippen molar-refractivity contribution in [3.05, 3.63) is 48.5 Å². The van der Waals surface area contributed by atoms with Crippen LogP contribution in [0.1, 0.15) is 0 Å². The molecule has 1 aliphatic rings. The molecule has 0 aliphatic carbocycles. The number of amides is 1. The summed E-state index contributed by atoms with van der Waals surface area (Å²) >= 11 is 0. The van der Waals surface area contributed by atoms with Crippen LogP contribution in [0.25, 0.3) is 0 Å². The van der Waals surface area contributed by atoms with Crippen molar-refractivity contribution in [1.29, 1.82) is 0 Å². The molecule has 0 saturated heterocycles. The Morgan fingerprint density at radius 2 is 1.76 bits per heavy atom. The predicted molar refractivity (Wildman–Crippen MR) is 78.3 cm³/mol. The van der Waals surface area contributed by atoms with E-state index >= 15 is 0 Å². The molecular formula is C16H15NO4. The van der Waals surface area contributed by atoms with Gasteiger partial charge in [-0.05, 0) is 24.3 Å². The third kappa shape index (κ3) is 2.91. The van der Waals surface area contributed by atoms with E-state index in [0.717, 1.165) is 0 Å². The molecule has 1 aliphatic heterocycles.